The van der Waals surface area contributed by atoms with Gasteiger partial charge in [-0.2, -0.15) is 0 Å². The highest BCUT2D eigenvalue weighted by molar-refractivity contribution is 5.86. The van der Waals surface area contributed by atoms with Gasteiger partial charge in [-0.25, -0.2) is 9.78 Å². The van der Waals surface area contributed by atoms with Crippen molar-refractivity contribution in [2.45, 2.75) is 18.9 Å². The molecule has 1 rings (SSSR count). The third-order valence-corrected chi connectivity index (χ3v) is 2.20. The lowest BCUT2D eigenvalue weighted by molar-refractivity contribution is 0.0594. The Balaban J connectivity index is 2.54. The number of hydrogen-bond donors (Lipinski definition) is 2. The topological polar surface area (TPSA) is 79.7 Å². The smallest absolute Gasteiger partial charge is 0.356 e. The SMILES string of the molecule is COC(=O)c1ccc(CCC(O)CO)cn1. The Morgan fingerprint density at radius 3 is 2.81 bits per heavy atom. The van der Waals surface area contributed by atoms with Gasteiger partial charge in [0.2, 0.25) is 0 Å². The zero-order chi connectivity index (χ0) is 12.0. The van der Waals surface area contributed by atoms with Gasteiger partial charge in [-0.15, -0.1) is 0 Å². The summed E-state index contributed by atoms with van der Waals surface area (Å²) < 4.78 is 4.52. The highest BCUT2D eigenvalue weighted by Crippen LogP contribution is 2.06. The number of ether oxygens (including phenoxy) is 1. The molecule has 1 aromatic heterocycles. The molecule has 1 heterocycles. The van der Waals surface area contributed by atoms with Crippen LogP contribution in [0.5, 0.6) is 0 Å². The molecule has 1 atom stereocenters. The second kappa shape index (κ2) is 6.19. The van der Waals surface area contributed by atoms with Crippen LogP contribution in [-0.4, -0.2) is 41.0 Å². The number of rotatable bonds is 5. The summed E-state index contributed by atoms with van der Waals surface area (Å²) in [5.41, 5.74) is 1.16. The highest BCUT2D eigenvalue weighted by atomic mass is 16.5. The predicted octanol–water partition coefficient (Wildman–Crippen LogP) is 0.154. The summed E-state index contributed by atoms with van der Waals surface area (Å²) in [6, 6.07) is 3.33. The Morgan fingerprint density at radius 2 is 2.31 bits per heavy atom. The van der Waals surface area contributed by atoms with E-state index in [2.05, 4.69) is 9.72 Å². The maximum atomic E-state index is 11.1. The number of aromatic nitrogens is 1. The van der Waals surface area contributed by atoms with Gasteiger partial charge in [0.25, 0.3) is 0 Å². The van der Waals surface area contributed by atoms with E-state index in [0.29, 0.717) is 12.8 Å². The zero-order valence-corrected chi connectivity index (χ0v) is 9.09. The Hall–Kier alpha value is -1.46. The van der Waals surface area contributed by atoms with Crippen molar-refractivity contribution in [2.75, 3.05) is 13.7 Å². The number of esters is 1. The minimum atomic E-state index is -0.708. The Labute approximate surface area is 93.7 Å². The first-order chi connectivity index (χ1) is 7.67. The second-order valence-corrected chi connectivity index (χ2v) is 3.42. The van der Waals surface area contributed by atoms with Crippen LogP contribution in [-0.2, 0) is 11.2 Å². The number of pyridine rings is 1. The minimum Gasteiger partial charge on any atom is -0.464 e. The molecule has 0 amide bonds. The van der Waals surface area contributed by atoms with Crippen molar-refractivity contribution < 1.29 is 19.7 Å². The van der Waals surface area contributed by atoms with E-state index >= 15 is 0 Å². The third-order valence-electron chi connectivity index (χ3n) is 2.20. The molecule has 16 heavy (non-hydrogen) atoms. The van der Waals surface area contributed by atoms with E-state index < -0.39 is 12.1 Å². The number of aryl methyl sites for hydroxylation is 1. The number of carbonyl (C=O) groups is 1. The van der Waals surface area contributed by atoms with Crippen molar-refractivity contribution >= 4 is 5.97 Å². The first-order valence-electron chi connectivity index (χ1n) is 4.99. The Kier molecular flexibility index (Phi) is 4.88. The molecule has 88 valence electrons. The van der Waals surface area contributed by atoms with E-state index in [1.165, 1.54) is 7.11 Å². The van der Waals surface area contributed by atoms with Gasteiger partial charge in [0.05, 0.1) is 19.8 Å². The molecule has 2 N–H and O–H groups in total. The number of carbonyl (C=O) groups excluding carboxylic acids is 1. The minimum absolute atomic E-state index is 0.242. The summed E-state index contributed by atoms with van der Waals surface area (Å²) in [5.74, 6) is -0.470. The van der Waals surface area contributed by atoms with Crippen LogP contribution in [0.3, 0.4) is 0 Å². The maximum absolute atomic E-state index is 11.1. The lowest BCUT2D eigenvalue weighted by Gasteiger charge is -2.06. The average Bonchev–Trinajstić information content (AvgIpc) is 2.35. The van der Waals surface area contributed by atoms with Crippen LogP contribution in [0.15, 0.2) is 18.3 Å². The molecule has 1 unspecified atom stereocenters. The summed E-state index contributed by atoms with van der Waals surface area (Å²) in [6.07, 6.45) is 1.93. The Morgan fingerprint density at radius 1 is 1.56 bits per heavy atom. The summed E-state index contributed by atoms with van der Waals surface area (Å²) in [6.45, 7) is -0.242. The van der Waals surface area contributed by atoms with Gasteiger partial charge < -0.3 is 14.9 Å². The number of aliphatic hydroxyl groups is 2. The van der Waals surface area contributed by atoms with Crippen LogP contribution in [0.2, 0.25) is 0 Å². The molecule has 0 bridgehead atoms. The van der Waals surface area contributed by atoms with Gasteiger partial charge in [-0.1, -0.05) is 6.07 Å². The van der Waals surface area contributed by atoms with Crippen molar-refractivity contribution in [3.8, 4) is 0 Å². The molecule has 0 aliphatic heterocycles. The monoisotopic (exact) mass is 225 g/mol. The van der Waals surface area contributed by atoms with Gasteiger partial charge >= 0.3 is 5.97 Å². The molecule has 0 spiro atoms. The van der Waals surface area contributed by atoms with Crippen molar-refractivity contribution in [1.29, 1.82) is 0 Å². The van der Waals surface area contributed by atoms with E-state index in [-0.39, 0.29) is 12.3 Å². The van der Waals surface area contributed by atoms with Gasteiger partial charge in [0.1, 0.15) is 5.69 Å². The first-order valence-corrected chi connectivity index (χ1v) is 4.99. The van der Waals surface area contributed by atoms with E-state index in [9.17, 15) is 4.79 Å². The normalized spacial score (nSPS) is 12.2. The molecule has 0 fully saturated rings. The Bertz CT molecular complexity index is 336. The standard InChI is InChI=1S/C11H15NO4/c1-16-11(15)10-5-3-8(6-12-10)2-4-9(14)7-13/h3,5-6,9,13-14H,2,4,7H2,1H3. The van der Waals surface area contributed by atoms with E-state index in [1.54, 1.807) is 18.3 Å². The molecule has 5 nitrogen and oxygen atoms in total. The number of methoxy groups -OCH3 is 1. The quantitative estimate of drug-likeness (QED) is 0.697. The van der Waals surface area contributed by atoms with Crippen LogP contribution in [0.25, 0.3) is 0 Å². The van der Waals surface area contributed by atoms with Crippen molar-refractivity contribution in [2.24, 2.45) is 0 Å². The molecule has 0 saturated carbocycles. The summed E-state index contributed by atoms with van der Waals surface area (Å²) in [7, 11) is 1.30. The van der Waals surface area contributed by atoms with Crippen molar-refractivity contribution in [3.63, 3.8) is 0 Å². The van der Waals surface area contributed by atoms with E-state index in [0.717, 1.165) is 5.56 Å². The number of aliphatic hydroxyl groups excluding tert-OH is 2. The molecular weight excluding hydrogens is 210 g/mol. The van der Waals surface area contributed by atoms with E-state index in [1.807, 2.05) is 0 Å². The molecule has 0 radical (unpaired) electrons. The lowest BCUT2D eigenvalue weighted by Crippen LogP contribution is -2.12. The molecule has 5 heteroatoms. The first kappa shape index (κ1) is 12.6. The van der Waals surface area contributed by atoms with Crippen LogP contribution in [0.4, 0.5) is 0 Å². The molecule has 0 aliphatic carbocycles. The van der Waals surface area contributed by atoms with Gasteiger partial charge in [0.15, 0.2) is 0 Å². The lowest BCUT2D eigenvalue weighted by atomic mass is 10.1. The fourth-order valence-corrected chi connectivity index (χ4v) is 1.22. The van der Waals surface area contributed by atoms with Gasteiger partial charge in [-0.05, 0) is 24.5 Å². The number of hydrogen-bond acceptors (Lipinski definition) is 5. The molecule has 0 aromatic carbocycles. The van der Waals surface area contributed by atoms with E-state index in [4.69, 9.17) is 10.2 Å². The fraction of sp³-hybridized carbons (Fsp3) is 0.455. The zero-order valence-electron chi connectivity index (χ0n) is 9.09. The van der Waals surface area contributed by atoms with Crippen molar-refractivity contribution in [1.82, 2.24) is 4.98 Å². The maximum Gasteiger partial charge on any atom is 0.356 e. The average molecular weight is 225 g/mol. The summed E-state index contributed by atoms with van der Waals surface area (Å²) in [4.78, 5) is 15.0. The molecule has 0 saturated heterocycles. The fourth-order valence-electron chi connectivity index (χ4n) is 1.22. The van der Waals surface area contributed by atoms with Crippen LogP contribution in [0.1, 0.15) is 22.5 Å². The third kappa shape index (κ3) is 3.60. The van der Waals surface area contributed by atoms with Crippen LogP contribution >= 0.6 is 0 Å². The van der Waals surface area contributed by atoms with Crippen LogP contribution < -0.4 is 0 Å². The molecular formula is C11H15NO4. The largest absolute Gasteiger partial charge is 0.464 e. The summed E-state index contributed by atoms with van der Waals surface area (Å²) >= 11 is 0. The second-order valence-electron chi connectivity index (χ2n) is 3.42. The molecule has 1 aromatic rings. The summed E-state index contributed by atoms with van der Waals surface area (Å²) in [5, 5.41) is 17.8. The van der Waals surface area contributed by atoms with Gasteiger partial charge in [0, 0.05) is 6.20 Å². The predicted molar refractivity (Wildman–Crippen MR) is 57.0 cm³/mol. The van der Waals surface area contributed by atoms with Gasteiger partial charge in [-0.3, -0.25) is 0 Å². The highest BCUT2D eigenvalue weighted by Gasteiger charge is 2.07. The molecule has 0 aliphatic rings. The van der Waals surface area contributed by atoms with Crippen molar-refractivity contribution in [3.05, 3.63) is 29.6 Å². The number of nitrogens with zero attached hydrogens (tertiary/aromatic N) is 1. The van der Waals surface area contributed by atoms with Crippen LogP contribution in [0, 0.1) is 0 Å².